The van der Waals surface area contributed by atoms with E-state index >= 15 is 4.39 Å². The van der Waals surface area contributed by atoms with Gasteiger partial charge < -0.3 is 14.0 Å². The zero-order chi connectivity index (χ0) is 30.0. The first-order valence-corrected chi connectivity index (χ1v) is 12.7. The number of alkyl halides is 2. The summed E-state index contributed by atoms with van der Waals surface area (Å²) in [6.45, 7) is 0.718. The molecule has 2 aromatic carbocycles. The lowest BCUT2D eigenvalue weighted by molar-refractivity contribution is 0.0988. The smallest absolute Gasteiger partial charge is 0.256 e. The number of fused-ring (bicyclic) bond motifs is 1. The molecule has 0 saturated carbocycles. The summed E-state index contributed by atoms with van der Waals surface area (Å²) in [7, 11) is 1.49. The molecule has 3 heterocycles. The standard InChI is InChI=1S/C31H23F4N3O4/c1-17-29(19-4-6-20(32)7-5-19)31(40)22(15-38(17)16-28(34)35)25(39)12-18-3-8-26(23(33)11-18)42-27-9-10-36-24-13-21(41-2)14-37-30(24)27/h3-11,13-15,28H,12,16H2,1-2H3. The van der Waals surface area contributed by atoms with Crippen molar-refractivity contribution >= 4 is 16.8 Å². The normalized spacial score (nSPS) is 11.2. The number of carbonyl (C=O) groups is 1. The molecule has 0 aliphatic carbocycles. The van der Waals surface area contributed by atoms with Gasteiger partial charge in [-0.05, 0) is 42.3 Å². The van der Waals surface area contributed by atoms with Crippen LogP contribution in [0.5, 0.6) is 17.2 Å². The number of hydrogen-bond donors (Lipinski definition) is 0. The van der Waals surface area contributed by atoms with Gasteiger partial charge in [0, 0.05) is 42.2 Å². The van der Waals surface area contributed by atoms with Crippen LogP contribution in [0.4, 0.5) is 17.6 Å². The molecule has 11 heteroatoms. The quantitative estimate of drug-likeness (QED) is 0.146. The topological polar surface area (TPSA) is 83.3 Å². The molecule has 0 saturated heterocycles. The average Bonchev–Trinajstić information content (AvgIpc) is 2.96. The lowest BCUT2D eigenvalue weighted by atomic mass is 9.97. The van der Waals surface area contributed by atoms with Crippen molar-refractivity contribution in [2.75, 3.05) is 7.11 Å². The van der Waals surface area contributed by atoms with E-state index in [4.69, 9.17) is 9.47 Å². The van der Waals surface area contributed by atoms with Crippen LogP contribution in [0, 0.1) is 18.6 Å². The number of ether oxygens (including phenoxy) is 2. The Morgan fingerprint density at radius 2 is 1.76 bits per heavy atom. The van der Waals surface area contributed by atoms with Gasteiger partial charge in [0.2, 0.25) is 0 Å². The third-order valence-electron chi connectivity index (χ3n) is 6.65. The maximum Gasteiger partial charge on any atom is 0.256 e. The van der Waals surface area contributed by atoms with Crippen molar-refractivity contribution < 1.29 is 31.8 Å². The maximum atomic E-state index is 15.1. The fraction of sp³-hybridized carbons (Fsp3) is 0.161. The number of rotatable bonds is 9. The molecule has 0 unspecified atom stereocenters. The van der Waals surface area contributed by atoms with Gasteiger partial charge in [-0.2, -0.15) is 0 Å². The van der Waals surface area contributed by atoms with Gasteiger partial charge in [-0.15, -0.1) is 0 Å². The van der Waals surface area contributed by atoms with Crippen LogP contribution in [-0.2, 0) is 13.0 Å². The van der Waals surface area contributed by atoms with E-state index in [9.17, 15) is 22.8 Å². The summed E-state index contributed by atoms with van der Waals surface area (Å²) >= 11 is 0. The molecule has 5 rings (SSSR count). The molecule has 5 aromatic rings. The highest BCUT2D eigenvalue weighted by Gasteiger charge is 2.21. The fourth-order valence-corrected chi connectivity index (χ4v) is 4.56. The zero-order valence-corrected chi connectivity index (χ0v) is 22.4. The molecule has 0 bridgehead atoms. The van der Waals surface area contributed by atoms with E-state index in [1.54, 1.807) is 6.07 Å². The molecular weight excluding hydrogens is 554 g/mol. The molecular formula is C31H23F4N3O4. The number of pyridine rings is 3. The van der Waals surface area contributed by atoms with Gasteiger partial charge in [-0.1, -0.05) is 18.2 Å². The number of hydrogen-bond acceptors (Lipinski definition) is 6. The van der Waals surface area contributed by atoms with Crippen LogP contribution in [0.1, 0.15) is 21.6 Å². The molecule has 0 amide bonds. The summed E-state index contributed by atoms with van der Waals surface area (Å²) in [5.74, 6) is -1.41. The van der Waals surface area contributed by atoms with E-state index in [0.29, 0.717) is 16.8 Å². The molecule has 0 fully saturated rings. The van der Waals surface area contributed by atoms with E-state index in [-0.39, 0.29) is 45.9 Å². The van der Waals surface area contributed by atoms with Crippen molar-refractivity contribution in [1.29, 1.82) is 0 Å². The number of ketones is 1. The number of aromatic nitrogens is 3. The minimum Gasteiger partial charge on any atom is -0.495 e. The van der Waals surface area contributed by atoms with Crippen molar-refractivity contribution in [3.63, 3.8) is 0 Å². The predicted molar refractivity (Wildman–Crippen MR) is 147 cm³/mol. The number of methoxy groups -OCH3 is 1. The van der Waals surface area contributed by atoms with E-state index in [1.165, 1.54) is 56.8 Å². The Morgan fingerprint density at radius 3 is 2.45 bits per heavy atom. The van der Waals surface area contributed by atoms with E-state index in [0.717, 1.165) is 29.0 Å². The van der Waals surface area contributed by atoms with Gasteiger partial charge in [0.25, 0.3) is 6.43 Å². The first-order chi connectivity index (χ1) is 20.1. The highest BCUT2D eigenvalue weighted by atomic mass is 19.3. The summed E-state index contributed by atoms with van der Waals surface area (Å²) in [5.41, 5.74) is 0.546. The second-order valence-electron chi connectivity index (χ2n) is 9.40. The predicted octanol–water partition coefficient (Wildman–Crippen LogP) is 6.54. The van der Waals surface area contributed by atoms with Crippen molar-refractivity contribution in [1.82, 2.24) is 14.5 Å². The number of halogens is 4. The molecule has 7 nitrogen and oxygen atoms in total. The zero-order valence-electron chi connectivity index (χ0n) is 22.4. The third-order valence-corrected chi connectivity index (χ3v) is 6.65. The summed E-state index contributed by atoms with van der Waals surface area (Å²) in [6.07, 6.45) is 0.901. The van der Waals surface area contributed by atoms with Crippen LogP contribution in [-0.4, -0.2) is 33.9 Å². The molecule has 3 aromatic heterocycles. The fourth-order valence-electron chi connectivity index (χ4n) is 4.56. The molecule has 0 aliphatic rings. The molecule has 42 heavy (non-hydrogen) atoms. The molecule has 0 spiro atoms. The first-order valence-electron chi connectivity index (χ1n) is 12.7. The second-order valence-corrected chi connectivity index (χ2v) is 9.40. The SMILES string of the molecule is COc1cnc2c(Oc3ccc(CC(=O)c4cn(CC(F)F)c(C)c(-c5ccc(F)cc5)c4=O)cc3F)ccnc2c1. The summed E-state index contributed by atoms with van der Waals surface area (Å²) in [6, 6.07) is 12.0. The van der Waals surface area contributed by atoms with Gasteiger partial charge in [-0.3, -0.25) is 14.6 Å². The van der Waals surface area contributed by atoms with Gasteiger partial charge in [0.15, 0.2) is 28.5 Å². The number of Topliss-reactive ketones (excluding diaryl/α,β-unsaturated/α-hetero) is 1. The summed E-state index contributed by atoms with van der Waals surface area (Å²) in [4.78, 5) is 35.1. The number of carbonyl (C=O) groups excluding carboxylic acids is 1. The van der Waals surface area contributed by atoms with Crippen LogP contribution in [0.15, 0.2) is 78.0 Å². The highest BCUT2D eigenvalue weighted by molar-refractivity contribution is 5.98. The van der Waals surface area contributed by atoms with Crippen molar-refractivity contribution in [3.8, 4) is 28.4 Å². The Kier molecular flexibility index (Phi) is 8.01. The van der Waals surface area contributed by atoms with Crippen molar-refractivity contribution in [3.05, 3.63) is 112 Å². The number of nitrogens with zero attached hydrogens (tertiary/aromatic N) is 3. The van der Waals surface area contributed by atoms with Gasteiger partial charge in [-0.25, -0.2) is 22.5 Å². The Balaban J connectivity index is 1.44. The largest absolute Gasteiger partial charge is 0.495 e. The van der Waals surface area contributed by atoms with Crippen LogP contribution >= 0.6 is 0 Å². The van der Waals surface area contributed by atoms with Crippen LogP contribution in [0.2, 0.25) is 0 Å². The van der Waals surface area contributed by atoms with Crippen LogP contribution < -0.4 is 14.9 Å². The Labute approximate surface area is 237 Å². The average molecular weight is 578 g/mol. The lowest BCUT2D eigenvalue weighted by Gasteiger charge is -2.17. The Hall–Kier alpha value is -5.06. The number of benzene rings is 2. The van der Waals surface area contributed by atoms with E-state index in [2.05, 4.69) is 9.97 Å². The first kappa shape index (κ1) is 28.5. The second kappa shape index (κ2) is 11.8. The summed E-state index contributed by atoms with van der Waals surface area (Å²) < 4.78 is 67.3. The molecule has 0 radical (unpaired) electrons. The molecule has 0 N–H and O–H groups in total. The van der Waals surface area contributed by atoms with Crippen molar-refractivity contribution in [2.24, 2.45) is 0 Å². The minimum absolute atomic E-state index is 0.00670. The van der Waals surface area contributed by atoms with Crippen LogP contribution in [0.3, 0.4) is 0 Å². The lowest BCUT2D eigenvalue weighted by Crippen LogP contribution is -2.25. The van der Waals surface area contributed by atoms with Gasteiger partial charge in [0.05, 0.1) is 30.9 Å². The van der Waals surface area contributed by atoms with Crippen molar-refractivity contribution in [2.45, 2.75) is 26.3 Å². The Morgan fingerprint density at radius 1 is 1.00 bits per heavy atom. The van der Waals surface area contributed by atoms with Crippen LogP contribution in [0.25, 0.3) is 22.2 Å². The third kappa shape index (κ3) is 5.85. The minimum atomic E-state index is -2.76. The Bertz CT molecular complexity index is 1860. The van der Waals surface area contributed by atoms with E-state index in [1.807, 2.05) is 0 Å². The molecule has 0 aliphatic heterocycles. The maximum absolute atomic E-state index is 15.1. The van der Waals surface area contributed by atoms with E-state index < -0.39 is 35.8 Å². The molecule has 214 valence electrons. The molecule has 0 atom stereocenters. The monoisotopic (exact) mass is 577 g/mol. The van der Waals surface area contributed by atoms with Gasteiger partial charge >= 0.3 is 0 Å². The highest BCUT2D eigenvalue weighted by Crippen LogP contribution is 2.31. The van der Waals surface area contributed by atoms with Gasteiger partial charge in [0.1, 0.15) is 17.1 Å². The summed E-state index contributed by atoms with van der Waals surface area (Å²) in [5, 5.41) is 0.